The molecular weight excluding hydrogens is 216 g/mol. The molecule has 0 aliphatic heterocycles. The summed E-state index contributed by atoms with van der Waals surface area (Å²) >= 11 is 0. The Bertz CT molecular complexity index is 429. The van der Waals surface area contributed by atoms with Gasteiger partial charge in [-0.2, -0.15) is 0 Å². The molecule has 17 heavy (non-hydrogen) atoms. The fourth-order valence-corrected chi connectivity index (χ4v) is 1.49. The van der Waals surface area contributed by atoms with Gasteiger partial charge in [0.25, 0.3) is 0 Å². The van der Waals surface area contributed by atoms with Crippen LogP contribution in [0.15, 0.2) is 29.8 Å². The third-order valence-corrected chi connectivity index (χ3v) is 2.43. The molecule has 0 atom stereocenters. The van der Waals surface area contributed by atoms with Crippen LogP contribution in [0.2, 0.25) is 0 Å². The van der Waals surface area contributed by atoms with E-state index in [0.717, 1.165) is 6.42 Å². The molecule has 1 aromatic carbocycles. The minimum Gasteiger partial charge on any atom is -0.504 e. The molecule has 0 radical (unpaired) electrons. The summed E-state index contributed by atoms with van der Waals surface area (Å²) in [7, 11) is 1.46. The molecule has 0 heterocycles. The lowest BCUT2D eigenvalue weighted by atomic mass is 10.1. The molecule has 1 rings (SSSR count). The van der Waals surface area contributed by atoms with E-state index in [1.54, 1.807) is 12.1 Å². The van der Waals surface area contributed by atoms with Crippen LogP contribution in [0.25, 0.3) is 0 Å². The van der Waals surface area contributed by atoms with Gasteiger partial charge >= 0.3 is 0 Å². The van der Waals surface area contributed by atoms with Crippen LogP contribution in [0.5, 0.6) is 11.5 Å². The van der Waals surface area contributed by atoms with Gasteiger partial charge in [0.2, 0.25) is 0 Å². The summed E-state index contributed by atoms with van der Waals surface area (Å²) in [5.74, 6) is 0.437. The van der Waals surface area contributed by atoms with Crippen LogP contribution in [-0.4, -0.2) is 18.0 Å². The van der Waals surface area contributed by atoms with Crippen molar-refractivity contribution in [2.24, 2.45) is 0 Å². The van der Waals surface area contributed by atoms with Crippen molar-refractivity contribution < 1.29 is 14.6 Å². The van der Waals surface area contributed by atoms with Gasteiger partial charge < -0.3 is 9.84 Å². The van der Waals surface area contributed by atoms with E-state index in [2.05, 4.69) is 0 Å². The molecular formula is C14H18O3. The van der Waals surface area contributed by atoms with E-state index >= 15 is 0 Å². The fourth-order valence-electron chi connectivity index (χ4n) is 1.49. The molecule has 0 saturated carbocycles. The van der Waals surface area contributed by atoms with Crippen molar-refractivity contribution in [2.75, 3.05) is 7.11 Å². The third kappa shape index (κ3) is 3.94. The molecule has 1 aromatic rings. The minimum absolute atomic E-state index is 0.0494. The summed E-state index contributed by atoms with van der Waals surface area (Å²) in [4.78, 5) is 11.8. The number of hydrogen-bond acceptors (Lipinski definition) is 3. The van der Waals surface area contributed by atoms with Crippen LogP contribution in [0, 0.1) is 0 Å². The summed E-state index contributed by atoms with van der Waals surface area (Å²) in [6.07, 6.45) is 3.25. The molecule has 3 nitrogen and oxygen atoms in total. The number of ether oxygens (including phenoxy) is 1. The van der Waals surface area contributed by atoms with Crippen molar-refractivity contribution in [1.29, 1.82) is 0 Å². The predicted octanol–water partition coefficient (Wildman–Crippen LogP) is 3.33. The zero-order valence-corrected chi connectivity index (χ0v) is 10.5. The Hall–Kier alpha value is -1.77. The molecule has 3 heteroatoms. The van der Waals surface area contributed by atoms with Crippen molar-refractivity contribution >= 4 is 5.78 Å². The van der Waals surface area contributed by atoms with E-state index in [1.807, 2.05) is 19.9 Å². The van der Waals surface area contributed by atoms with Crippen LogP contribution in [-0.2, 0) is 0 Å². The van der Waals surface area contributed by atoms with E-state index in [9.17, 15) is 9.90 Å². The first-order valence-electron chi connectivity index (χ1n) is 5.58. The summed E-state index contributed by atoms with van der Waals surface area (Å²) < 4.78 is 4.96. The van der Waals surface area contributed by atoms with Gasteiger partial charge in [-0.25, -0.2) is 0 Å². The number of rotatable bonds is 5. The predicted molar refractivity (Wildman–Crippen MR) is 67.7 cm³/mol. The number of aromatic hydroxyl groups is 1. The number of carbonyl (C=O) groups is 1. The topological polar surface area (TPSA) is 46.5 Å². The SMILES string of the molecule is COc1cc(C(=O)CCC=C(C)C)ccc1O. The second-order valence-electron chi connectivity index (χ2n) is 4.13. The molecule has 92 valence electrons. The smallest absolute Gasteiger partial charge is 0.163 e. The number of Topliss-reactive ketones (excluding diaryl/α,β-unsaturated/α-hetero) is 1. The molecule has 0 unspecified atom stereocenters. The zero-order valence-electron chi connectivity index (χ0n) is 10.5. The van der Waals surface area contributed by atoms with Crippen LogP contribution in [0.3, 0.4) is 0 Å². The van der Waals surface area contributed by atoms with Crippen molar-refractivity contribution in [3.05, 3.63) is 35.4 Å². The van der Waals surface area contributed by atoms with Crippen molar-refractivity contribution in [3.8, 4) is 11.5 Å². The quantitative estimate of drug-likeness (QED) is 0.628. The molecule has 0 aliphatic carbocycles. The molecule has 0 aromatic heterocycles. The highest BCUT2D eigenvalue weighted by Crippen LogP contribution is 2.26. The highest BCUT2D eigenvalue weighted by Gasteiger charge is 2.08. The number of ketones is 1. The molecule has 0 amide bonds. The number of carbonyl (C=O) groups excluding carboxylic acids is 1. The van der Waals surface area contributed by atoms with Gasteiger partial charge in [0.15, 0.2) is 17.3 Å². The average molecular weight is 234 g/mol. The highest BCUT2D eigenvalue weighted by molar-refractivity contribution is 5.96. The Morgan fingerprint density at radius 3 is 2.71 bits per heavy atom. The molecule has 0 spiro atoms. The molecule has 0 bridgehead atoms. The van der Waals surface area contributed by atoms with Crippen LogP contribution >= 0.6 is 0 Å². The van der Waals surface area contributed by atoms with Crippen molar-refractivity contribution in [3.63, 3.8) is 0 Å². The van der Waals surface area contributed by atoms with Crippen LogP contribution in [0.4, 0.5) is 0 Å². The van der Waals surface area contributed by atoms with Crippen LogP contribution in [0.1, 0.15) is 37.0 Å². The number of phenolic OH excluding ortho intramolecular Hbond substituents is 1. The summed E-state index contributed by atoms with van der Waals surface area (Å²) in [5, 5.41) is 9.42. The monoisotopic (exact) mass is 234 g/mol. The third-order valence-electron chi connectivity index (χ3n) is 2.43. The van der Waals surface area contributed by atoms with E-state index in [-0.39, 0.29) is 11.5 Å². The van der Waals surface area contributed by atoms with E-state index in [0.29, 0.717) is 17.7 Å². The maximum Gasteiger partial charge on any atom is 0.163 e. The number of methoxy groups -OCH3 is 1. The second kappa shape index (κ2) is 6.09. The maximum absolute atomic E-state index is 11.8. The highest BCUT2D eigenvalue weighted by atomic mass is 16.5. The van der Waals surface area contributed by atoms with Gasteiger partial charge in [-0.15, -0.1) is 0 Å². The fraction of sp³-hybridized carbons (Fsp3) is 0.357. The molecule has 1 N–H and O–H groups in total. The van der Waals surface area contributed by atoms with E-state index in [1.165, 1.54) is 18.7 Å². The van der Waals surface area contributed by atoms with E-state index < -0.39 is 0 Å². The average Bonchev–Trinajstić information content (AvgIpc) is 2.29. The lowest BCUT2D eigenvalue weighted by Crippen LogP contribution is -1.99. The molecule has 0 aliphatic rings. The number of allylic oxidation sites excluding steroid dienone is 2. The Labute approximate surface area is 102 Å². The Morgan fingerprint density at radius 1 is 1.41 bits per heavy atom. The zero-order chi connectivity index (χ0) is 12.8. The standard InChI is InChI=1S/C14H18O3/c1-10(2)5-4-6-12(15)11-7-8-13(16)14(9-11)17-3/h5,7-9,16H,4,6H2,1-3H3. The van der Waals surface area contributed by atoms with E-state index in [4.69, 9.17) is 4.74 Å². The minimum atomic E-state index is 0.0494. The lowest BCUT2D eigenvalue weighted by Gasteiger charge is -2.05. The van der Waals surface area contributed by atoms with Gasteiger partial charge in [-0.1, -0.05) is 11.6 Å². The lowest BCUT2D eigenvalue weighted by molar-refractivity contribution is 0.0983. The number of benzene rings is 1. The largest absolute Gasteiger partial charge is 0.504 e. The van der Waals surface area contributed by atoms with Crippen molar-refractivity contribution in [2.45, 2.75) is 26.7 Å². The Balaban J connectivity index is 2.72. The second-order valence-corrected chi connectivity index (χ2v) is 4.13. The van der Waals surface area contributed by atoms with Crippen molar-refractivity contribution in [1.82, 2.24) is 0 Å². The Morgan fingerprint density at radius 2 is 2.12 bits per heavy atom. The number of hydrogen-bond donors (Lipinski definition) is 1. The maximum atomic E-state index is 11.8. The normalized spacial score (nSPS) is 9.82. The summed E-state index contributed by atoms with van der Waals surface area (Å²) in [5.41, 5.74) is 1.78. The number of phenols is 1. The molecule has 0 fully saturated rings. The first-order chi connectivity index (χ1) is 8.04. The van der Waals surface area contributed by atoms with Gasteiger partial charge in [-0.05, 0) is 38.5 Å². The van der Waals surface area contributed by atoms with Gasteiger partial charge in [-0.3, -0.25) is 4.79 Å². The van der Waals surface area contributed by atoms with Crippen LogP contribution < -0.4 is 4.74 Å². The Kier molecular flexibility index (Phi) is 4.76. The first kappa shape index (κ1) is 13.3. The van der Waals surface area contributed by atoms with Gasteiger partial charge in [0.1, 0.15) is 0 Å². The summed E-state index contributed by atoms with van der Waals surface area (Å²) in [6, 6.07) is 4.66. The van der Waals surface area contributed by atoms with Gasteiger partial charge in [0.05, 0.1) is 7.11 Å². The first-order valence-corrected chi connectivity index (χ1v) is 5.58. The van der Waals surface area contributed by atoms with Gasteiger partial charge in [0, 0.05) is 12.0 Å². The summed E-state index contributed by atoms with van der Waals surface area (Å²) in [6.45, 7) is 4.02. The molecule has 0 saturated heterocycles.